The van der Waals surface area contributed by atoms with E-state index in [0.29, 0.717) is 5.69 Å². The van der Waals surface area contributed by atoms with E-state index in [2.05, 4.69) is 33.9 Å². The Morgan fingerprint density at radius 1 is 1.18 bits per heavy atom. The summed E-state index contributed by atoms with van der Waals surface area (Å²) in [5.74, 6) is -0.0966. The van der Waals surface area contributed by atoms with Crippen molar-refractivity contribution in [3.63, 3.8) is 0 Å². The summed E-state index contributed by atoms with van der Waals surface area (Å²) in [6.45, 7) is 14.1. The van der Waals surface area contributed by atoms with Gasteiger partial charge in [-0.25, -0.2) is 0 Å². The fraction of sp³-hybridized carbons (Fsp3) is 0.667. The fourth-order valence-corrected chi connectivity index (χ4v) is 5.31. The van der Waals surface area contributed by atoms with Crippen LogP contribution in [0, 0.1) is 12.3 Å². The van der Waals surface area contributed by atoms with Crippen molar-refractivity contribution in [1.29, 1.82) is 0 Å². The summed E-state index contributed by atoms with van der Waals surface area (Å²) in [6.07, 6.45) is -3.24. The van der Waals surface area contributed by atoms with Gasteiger partial charge in [0.25, 0.3) is 0 Å². The zero-order chi connectivity index (χ0) is 21.3. The van der Waals surface area contributed by atoms with Crippen LogP contribution in [0.1, 0.15) is 51.7 Å². The quantitative estimate of drug-likeness (QED) is 0.576. The van der Waals surface area contributed by atoms with Gasteiger partial charge in [-0.1, -0.05) is 26.8 Å². The van der Waals surface area contributed by atoms with Gasteiger partial charge in [-0.05, 0) is 62.5 Å². The predicted octanol–water partition coefficient (Wildman–Crippen LogP) is 5.92. The molecule has 156 valence electrons. The number of hydrogen-bond acceptors (Lipinski definition) is 2. The highest BCUT2D eigenvalue weighted by Gasteiger charge is 2.67. The minimum atomic E-state index is -4.44. The van der Waals surface area contributed by atoms with Crippen LogP contribution in [-0.2, 0) is 15.4 Å². The van der Waals surface area contributed by atoms with E-state index in [1.165, 1.54) is 13.0 Å². The van der Waals surface area contributed by atoms with E-state index < -0.39 is 25.5 Å². The number of carbonyl (C=O) groups excluding carboxylic acids is 1. The molecule has 3 nitrogen and oxygen atoms in total. The van der Waals surface area contributed by atoms with Crippen LogP contribution in [0.5, 0.6) is 0 Å². The number of nitrogens with zero attached hydrogens (tertiary/aromatic N) is 1. The van der Waals surface area contributed by atoms with Crippen molar-refractivity contribution in [2.45, 2.75) is 83.9 Å². The van der Waals surface area contributed by atoms with Crippen molar-refractivity contribution < 1.29 is 22.4 Å². The topological polar surface area (TPSA) is 29.5 Å². The lowest BCUT2D eigenvalue weighted by Crippen LogP contribution is -2.48. The van der Waals surface area contributed by atoms with E-state index in [1.54, 1.807) is 11.0 Å². The molecule has 0 aromatic heterocycles. The average molecular weight is 414 g/mol. The Bertz CT molecular complexity index is 794. The highest BCUT2D eigenvalue weighted by Crippen LogP contribution is 2.59. The SMILES string of the molecule is Cc1ccc(N2C(=O)C3(CC3)[C@@H](O[Si](C)(C)C(C)(C)C)[C@@H]2C)cc1C(F)(F)F. The van der Waals surface area contributed by atoms with Crippen LogP contribution in [0.2, 0.25) is 18.1 Å². The van der Waals surface area contributed by atoms with E-state index in [4.69, 9.17) is 4.43 Å². The molecule has 0 N–H and O–H groups in total. The van der Waals surface area contributed by atoms with Gasteiger partial charge in [-0.3, -0.25) is 4.79 Å². The molecule has 1 aromatic rings. The average Bonchev–Trinajstić information content (AvgIpc) is 3.30. The maximum atomic E-state index is 13.4. The van der Waals surface area contributed by atoms with Crippen LogP contribution in [0.15, 0.2) is 18.2 Å². The molecule has 1 aliphatic carbocycles. The first-order valence-corrected chi connectivity index (χ1v) is 12.7. The van der Waals surface area contributed by atoms with E-state index in [9.17, 15) is 18.0 Å². The third-order valence-corrected chi connectivity index (χ3v) is 11.3. The molecule has 1 saturated heterocycles. The number of benzene rings is 1. The lowest BCUT2D eigenvalue weighted by atomic mass is 9.99. The van der Waals surface area contributed by atoms with Crippen LogP contribution in [-0.4, -0.2) is 26.4 Å². The second-order valence-electron chi connectivity index (χ2n) is 9.87. The van der Waals surface area contributed by atoms with Crippen LogP contribution in [0.3, 0.4) is 0 Å². The molecule has 1 aliphatic heterocycles. The maximum Gasteiger partial charge on any atom is 0.416 e. The van der Waals surface area contributed by atoms with Crippen molar-refractivity contribution in [2.75, 3.05) is 4.90 Å². The van der Waals surface area contributed by atoms with E-state index >= 15 is 0 Å². The number of carbonyl (C=O) groups is 1. The minimum Gasteiger partial charge on any atom is -0.411 e. The summed E-state index contributed by atoms with van der Waals surface area (Å²) in [6, 6.07) is 3.87. The molecule has 0 unspecified atom stereocenters. The Morgan fingerprint density at radius 3 is 2.21 bits per heavy atom. The Morgan fingerprint density at radius 2 is 1.75 bits per heavy atom. The number of rotatable bonds is 3. The maximum absolute atomic E-state index is 13.4. The second-order valence-corrected chi connectivity index (χ2v) is 14.6. The smallest absolute Gasteiger partial charge is 0.411 e. The molecule has 0 bridgehead atoms. The lowest BCUT2D eigenvalue weighted by molar-refractivity contribution is -0.138. The van der Waals surface area contributed by atoms with Gasteiger partial charge in [0.1, 0.15) is 0 Å². The molecule has 3 rings (SSSR count). The highest BCUT2D eigenvalue weighted by atomic mass is 28.4. The number of alkyl halides is 3. The number of aryl methyl sites for hydroxylation is 1. The molecular formula is C21H30F3NO2Si. The van der Waals surface area contributed by atoms with Gasteiger partial charge in [0.05, 0.1) is 23.1 Å². The van der Waals surface area contributed by atoms with Crippen molar-refractivity contribution in [1.82, 2.24) is 0 Å². The standard InChI is InChI=1S/C21H30F3NO2Si/c1-13-8-9-15(12-16(13)21(22,23)24)25-14(2)17(20(10-11-20)18(25)26)27-28(6,7)19(3,4)5/h8-9,12,14,17H,10-11H2,1-7H3/t14-,17-/m0/s1. The molecule has 0 radical (unpaired) electrons. The molecule has 1 aromatic carbocycles. The number of hydrogen-bond donors (Lipinski definition) is 0. The largest absolute Gasteiger partial charge is 0.416 e. The molecule has 7 heteroatoms. The van der Waals surface area contributed by atoms with Gasteiger partial charge >= 0.3 is 6.18 Å². The first kappa shape index (κ1) is 21.4. The van der Waals surface area contributed by atoms with Crippen molar-refractivity contribution in [3.8, 4) is 0 Å². The van der Waals surface area contributed by atoms with Crippen LogP contribution >= 0.6 is 0 Å². The second kappa shape index (κ2) is 6.33. The van der Waals surface area contributed by atoms with Gasteiger partial charge in [0, 0.05) is 5.69 Å². The van der Waals surface area contributed by atoms with Crippen LogP contribution in [0.4, 0.5) is 18.9 Å². The molecule has 1 heterocycles. The Kier molecular flexibility index (Phi) is 4.83. The number of anilines is 1. The zero-order valence-corrected chi connectivity index (χ0v) is 18.7. The van der Waals surface area contributed by atoms with E-state index in [-0.39, 0.29) is 28.7 Å². The third kappa shape index (κ3) is 3.30. The van der Waals surface area contributed by atoms with Gasteiger partial charge < -0.3 is 9.33 Å². The summed E-state index contributed by atoms with van der Waals surface area (Å²) in [4.78, 5) is 14.8. The van der Waals surface area contributed by atoms with Crippen LogP contribution in [0.25, 0.3) is 0 Å². The molecule has 1 amide bonds. The van der Waals surface area contributed by atoms with E-state index in [1.807, 2.05) is 6.92 Å². The monoisotopic (exact) mass is 413 g/mol. The first-order valence-electron chi connectivity index (χ1n) is 9.81. The van der Waals surface area contributed by atoms with Crippen LogP contribution < -0.4 is 4.90 Å². The number of amides is 1. The fourth-order valence-electron chi connectivity index (χ4n) is 3.90. The van der Waals surface area contributed by atoms with Crippen molar-refractivity contribution >= 4 is 19.9 Å². The molecule has 1 spiro atoms. The summed E-state index contributed by atoms with van der Waals surface area (Å²) in [5.41, 5.74) is -0.796. The van der Waals surface area contributed by atoms with Gasteiger partial charge in [0.15, 0.2) is 8.32 Å². The molecule has 2 fully saturated rings. The summed E-state index contributed by atoms with van der Waals surface area (Å²) < 4.78 is 46.8. The molecular weight excluding hydrogens is 383 g/mol. The Hall–Kier alpha value is -1.34. The Balaban J connectivity index is 1.98. The molecule has 2 aliphatic rings. The molecule has 28 heavy (non-hydrogen) atoms. The zero-order valence-electron chi connectivity index (χ0n) is 17.7. The van der Waals surface area contributed by atoms with E-state index in [0.717, 1.165) is 18.9 Å². The van der Waals surface area contributed by atoms with Crippen molar-refractivity contribution in [2.24, 2.45) is 5.41 Å². The molecule has 2 atom stereocenters. The molecule has 1 saturated carbocycles. The minimum absolute atomic E-state index is 0.00736. The normalized spacial score (nSPS) is 24.9. The summed E-state index contributed by atoms with van der Waals surface area (Å²) in [5, 5.41) is -0.00736. The lowest BCUT2D eigenvalue weighted by Gasteiger charge is -2.40. The predicted molar refractivity (Wildman–Crippen MR) is 107 cm³/mol. The van der Waals surface area contributed by atoms with Crippen molar-refractivity contribution in [3.05, 3.63) is 29.3 Å². The Labute approximate surface area is 166 Å². The van der Waals surface area contributed by atoms with Gasteiger partial charge in [0.2, 0.25) is 5.91 Å². The highest BCUT2D eigenvalue weighted by molar-refractivity contribution is 6.74. The first-order chi connectivity index (χ1) is 12.6. The van der Waals surface area contributed by atoms with Gasteiger partial charge in [-0.15, -0.1) is 0 Å². The summed E-state index contributed by atoms with van der Waals surface area (Å²) in [7, 11) is -2.13. The third-order valence-electron chi connectivity index (χ3n) is 6.86. The number of halogens is 3. The van der Waals surface area contributed by atoms with Gasteiger partial charge in [-0.2, -0.15) is 13.2 Å². The summed E-state index contributed by atoms with van der Waals surface area (Å²) >= 11 is 0.